The molecule has 0 aromatic heterocycles. The molecule has 100 valence electrons. The van der Waals surface area contributed by atoms with Crippen LogP contribution in [0.25, 0.3) is 0 Å². The summed E-state index contributed by atoms with van der Waals surface area (Å²) in [7, 11) is 0. The van der Waals surface area contributed by atoms with E-state index in [-0.39, 0.29) is 0 Å². The van der Waals surface area contributed by atoms with Crippen molar-refractivity contribution in [2.24, 2.45) is 0 Å². The Morgan fingerprint density at radius 3 is 2.89 bits per heavy atom. The minimum atomic E-state index is 0.705. The molecule has 0 unspecified atom stereocenters. The molecule has 0 atom stereocenters. The van der Waals surface area contributed by atoms with Crippen LogP contribution in [0.5, 0.6) is 0 Å². The topological polar surface area (TPSA) is 21.3 Å². The minimum absolute atomic E-state index is 0.705. The lowest BCUT2D eigenvalue weighted by molar-refractivity contribution is 0.117. The molecule has 1 N–H and O–H groups in total. The number of halogens is 1. The predicted molar refractivity (Wildman–Crippen MR) is 78.6 cm³/mol. The van der Waals surface area contributed by atoms with Crippen molar-refractivity contribution in [3.63, 3.8) is 0 Å². The smallest absolute Gasteiger partial charge is 0.0727 e. The highest BCUT2D eigenvalue weighted by Gasteiger charge is 2.19. The molecule has 2 rings (SSSR count). The molecule has 0 bridgehead atoms. The summed E-state index contributed by atoms with van der Waals surface area (Å²) in [6.07, 6.45) is 5.00. The molecule has 1 saturated carbocycles. The fourth-order valence-electron chi connectivity index (χ4n) is 1.80. The first-order valence-corrected chi connectivity index (χ1v) is 7.67. The molecule has 0 saturated heterocycles. The van der Waals surface area contributed by atoms with Crippen LogP contribution in [0, 0.1) is 0 Å². The van der Waals surface area contributed by atoms with Gasteiger partial charge in [-0.2, -0.15) is 0 Å². The van der Waals surface area contributed by atoms with Gasteiger partial charge < -0.3 is 10.1 Å². The number of hydrogen-bond donors (Lipinski definition) is 1. The maximum atomic E-state index is 5.64. The van der Waals surface area contributed by atoms with Gasteiger partial charge in [0.2, 0.25) is 0 Å². The van der Waals surface area contributed by atoms with Crippen molar-refractivity contribution in [2.75, 3.05) is 6.61 Å². The number of ether oxygens (including phenoxy) is 1. The summed E-state index contributed by atoms with van der Waals surface area (Å²) in [6, 6.07) is 7.33. The summed E-state index contributed by atoms with van der Waals surface area (Å²) in [6.45, 7) is 4.71. The van der Waals surface area contributed by atoms with E-state index in [1.165, 1.54) is 30.4 Å². The molecule has 18 heavy (non-hydrogen) atoms. The highest BCUT2D eigenvalue weighted by atomic mass is 79.9. The van der Waals surface area contributed by atoms with Gasteiger partial charge in [-0.3, -0.25) is 0 Å². The van der Waals surface area contributed by atoms with Crippen LogP contribution in [-0.4, -0.2) is 12.6 Å². The van der Waals surface area contributed by atoms with Crippen LogP contribution in [0.1, 0.15) is 43.7 Å². The van der Waals surface area contributed by atoms with Gasteiger partial charge in [0.1, 0.15) is 0 Å². The largest absolute Gasteiger partial charge is 0.377 e. The first kappa shape index (κ1) is 14.0. The maximum absolute atomic E-state index is 5.64. The van der Waals surface area contributed by atoms with Gasteiger partial charge in [-0.1, -0.05) is 41.4 Å². The third-order valence-corrected chi connectivity index (χ3v) is 3.93. The molecule has 1 aliphatic carbocycles. The number of rotatable bonds is 8. The fourth-order valence-corrected chi connectivity index (χ4v) is 2.34. The molecule has 1 aromatic carbocycles. The molecule has 3 heteroatoms. The normalized spacial score (nSPS) is 15.0. The highest BCUT2D eigenvalue weighted by Crippen LogP contribution is 2.22. The van der Waals surface area contributed by atoms with E-state index in [0.29, 0.717) is 6.61 Å². The highest BCUT2D eigenvalue weighted by molar-refractivity contribution is 9.10. The second-order valence-corrected chi connectivity index (χ2v) is 5.84. The molecular formula is C15H22BrNO. The molecule has 0 heterocycles. The van der Waals surface area contributed by atoms with E-state index in [1.54, 1.807) is 0 Å². The molecule has 1 fully saturated rings. The van der Waals surface area contributed by atoms with Crippen molar-refractivity contribution in [3.8, 4) is 0 Å². The zero-order valence-corrected chi connectivity index (χ0v) is 12.6. The summed E-state index contributed by atoms with van der Waals surface area (Å²) in [5, 5.41) is 3.53. The summed E-state index contributed by atoms with van der Waals surface area (Å²) >= 11 is 3.63. The molecule has 1 aromatic rings. The van der Waals surface area contributed by atoms with Crippen molar-refractivity contribution in [1.29, 1.82) is 0 Å². The Balaban J connectivity index is 1.79. The van der Waals surface area contributed by atoms with E-state index >= 15 is 0 Å². The van der Waals surface area contributed by atoms with Gasteiger partial charge in [-0.15, -0.1) is 0 Å². The van der Waals surface area contributed by atoms with Gasteiger partial charge in [-0.25, -0.2) is 0 Å². The fraction of sp³-hybridized carbons (Fsp3) is 0.600. The first-order valence-electron chi connectivity index (χ1n) is 6.88. The Bertz CT molecular complexity index is 377. The number of benzene rings is 1. The summed E-state index contributed by atoms with van der Waals surface area (Å²) in [5.41, 5.74) is 2.58. The van der Waals surface area contributed by atoms with Crippen LogP contribution in [0.2, 0.25) is 0 Å². The number of unbranched alkanes of at least 4 members (excludes halogenated alkanes) is 1. The quantitative estimate of drug-likeness (QED) is 0.732. The first-order chi connectivity index (χ1) is 8.79. The molecular weight excluding hydrogens is 290 g/mol. The SMILES string of the molecule is CCCCOCc1ccc(CNC2CC2)cc1Br. The molecule has 2 nitrogen and oxygen atoms in total. The molecule has 1 aliphatic rings. The van der Waals surface area contributed by atoms with Crippen LogP contribution in [-0.2, 0) is 17.9 Å². The summed E-state index contributed by atoms with van der Waals surface area (Å²) in [4.78, 5) is 0. The van der Waals surface area contributed by atoms with E-state index in [9.17, 15) is 0 Å². The van der Waals surface area contributed by atoms with E-state index in [2.05, 4.69) is 46.4 Å². The van der Waals surface area contributed by atoms with E-state index < -0.39 is 0 Å². The van der Waals surface area contributed by atoms with Gasteiger partial charge >= 0.3 is 0 Å². The van der Waals surface area contributed by atoms with Crippen molar-refractivity contribution in [3.05, 3.63) is 33.8 Å². The third-order valence-electron chi connectivity index (χ3n) is 3.19. The Kier molecular flexibility index (Phi) is 5.67. The minimum Gasteiger partial charge on any atom is -0.377 e. The van der Waals surface area contributed by atoms with Gasteiger partial charge in [0.05, 0.1) is 6.61 Å². The van der Waals surface area contributed by atoms with Gasteiger partial charge in [0, 0.05) is 23.7 Å². The van der Waals surface area contributed by atoms with E-state index in [1.807, 2.05) is 0 Å². The van der Waals surface area contributed by atoms with Crippen LogP contribution >= 0.6 is 15.9 Å². The van der Waals surface area contributed by atoms with Crippen molar-refractivity contribution >= 4 is 15.9 Å². The van der Waals surface area contributed by atoms with Crippen LogP contribution in [0.4, 0.5) is 0 Å². The summed E-state index contributed by atoms with van der Waals surface area (Å²) in [5.74, 6) is 0. The molecule has 0 amide bonds. The van der Waals surface area contributed by atoms with Crippen LogP contribution in [0.15, 0.2) is 22.7 Å². The number of hydrogen-bond acceptors (Lipinski definition) is 2. The Morgan fingerprint density at radius 2 is 2.22 bits per heavy atom. The monoisotopic (exact) mass is 311 g/mol. The van der Waals surface area contributed by atoms with E-state index in [4.69, 9.17) is 4.74 Å². The van der Waals surface area contributed by atoms with Crippen LogP contribution in [0.3, 0.4) is 0 Å². The molecule has 0 radical (unpaired) electrons. The standard InChI is InChI=1S/C15H22BrNO/c1-2-3-8-18-11-13-5-4-12(9-15(13)16)10-17-14-6-7-14/h4-5,9,14,17H,2-3,6-8,10-11H2,1H3. The maximum Gasteiger partial charge on any atom is 0.0727 e. The Hall–Kier alpha value is -0.380. The van der Waals surface area contributed by atoms with E-state index in [0.717, 1.165) is 30.1 Å². The van der Waals surface area contributed by atoms with Crippen molar-refractivity contribution in [1.82, 2.24) is 5.32 Å². The van der Waals surface area contributed by atoms with Crippen molar-refractivity contribution in [2.45, 2.75) is 51.8 Å². The Labute approximate surface area is 118 Å². The zero-order chi connectivity index (χ0) is 12.8. The Morgan fingerprint density at radius 1 is 1.39 bits per heavy atom. The average molecular weight is 312 g/mol. The van der Waals surface area contributed by atoms with Crippen molar-refractivity contribution < 1.29 is 4.74 Å². The van der Waals surface area contributed by atoms with Crippen LogP contribution < -0.4 is 5.32 Å². The van der Waals surface area contributed by atoms with Gasteiger partial charge in [0.15, 0.2) is 0 Å². The average Bonchev–Trinajstić information content (AvgIpc) is 3.18. The second-order valence-electron chi connectivity index (χ2n) is 4.99. The predicted octanol–water partition coefficient (Wildman–Crippen LogP) is 4.02. The lowest BCUT2D eigenvalue weighted by Gasteiger charge is -2.09. The van der Waals surface area contributed by atoms with Gasteiger partial charge in [0.25, 0.3) is 0 Å². The molecule has 0 spiro atoms. The second kappa shape index (κ2) is 7.27. The summed E-state index contributed by atoms with van der Waals surface area (Å²) < 4.78 is 6.80. The third kappa shape index (κ3) is 4.71. The lowest BCUT2D eigenvalue weighted by Crippen LogP contribution is -2.15. The lowest BCUT2D eigenvalue weighted by atomic mass is 10.1. The number of nitrogens with one attached hydrogen (secondary N) is 1. The molecule has 0 aliphatic heterocycles. The zero-order valence-electron chi connectivity index (χ0n) is 11.0. The van der Waals surface area contributed by atoms with Gasteiger partial charge in [-0.05, 0) is 36.5 Å².